The molecule has 0 amide bonds. The number of ether oxygens (including phenoxy) is 7. The number of phenols is 4. The zero-order valence-electron chi connectivity index (χ0n) is 28.4. The van der Waals surface area contributed by atoms with Gasteiger partial charge in [-0.25, -0.2) is 4.79 Å². The van der Waals surface area contributed by atoms with Gasteiger partial charge in [0.25, 0.3) is 0 Å². The van der Waals surface area contributed by atoms with Gasteiger partial charge in [0.2, 0.25) is 0 Å². The third-order valence-corrected chi connectivity index (χ3v) is 9.02. The first-order valence-corrected chi connectivity index (χ1v) is 16.8. The molecule has 3 heterocycles. The standard InChI is InChI=1S/C34H44O20/c35-11-21-25(43)27(45)29(47)33(51-21)53-30-26(44)22(13-49-23(41)6-3-14-1-4-16(36)18(38)9-14)52-34(48-8-7-15-2-5-17(37)19(39)10-15)31(30)54-32-28(46)24(42)20(40)12-50-32/h1-6,9-10,20-22,24-40,42-47H,7-8,11-13H2. The molecule has 0 aliphatic carbocycles. The lowest BCUT2D eigenvalue weighted by Gasteiger charge is -2.48. The third-order valence-electron chi connectivity index (χ3n) is 9.02. The normalized spacial score (nSPS) is 35.9. The predicted molar refractivity (Wildman–Crippen MR) is 175 cm³/mol. The molecule has 12 N–H and O–H groups in total. The Hall–Kier alpha value is -3.71. The van der Waals surface area contributed by atoms with E-state index in [-0.39, 0.29) is 24.5 Å². The van der Waals surface area contributed by atoms with E-state index in [1.807, 2.05) is 0 Å². The van der Waals surface area contributed by atoms with Gasteiger partial charge in [-0.05, 0) is 47.9 Å². The number of aromatic hydroxyl groups is 4. The summed E-state index contributed by atoms with van der Waals surface area (Å²) in [5.41, 5.74) is 0.819. The van der Waals surface area contributed by atoms with E-state index in [1.165, 1.54) is 42.5 Å². The number of hydrogen-bond donors (Lipinski definition) is 12. The van der Waals surface area contributed by atoms with Crippen molar-refractivity contribution in [2.75, 3.05) is 26.4 Å². The topological polar surface area (TPSA) is 324 Å². The highest BCUT2D eigenvalue weighted by Gasteiger charge is 2.54. The molecule has 300 valence electrons. The van der Waals surface area contributed by atoms with Crippen LogP contribution in [0.2, 0.25) is 0 Å². The second-order valence-corrected chi connectivity index (χ2v) is 12.8. The zero-order chi connectivity index (χ0) is 39.3. The minimum Gasteiger partial charge on any atom is -0.504 e. The van der Waals surface area contributed by atoms with Gasteiger partial charge in [0.15, 0.2) is 41.9 Å². The Kier molecular flexibility index (Phi) is 14.0. The second kappa shape index (κ2) is 18.3. The maximum atomic E-state index is 12.7. The third kappa shape index (κ3) is 9.74. The molecule has 3 aliphatic heterocycles. The van der Waals surface area contributed by atoms with Crippen LogP contribution < -0.4 is 0 Å². The van der Waals surface area contributed by atoms with E-state index in [0.717, 1.165) is 6.08 Å². The monoisotopic (exact) mass is 772 g/mol. The first kappa shape index (κ1) is 41.5. The van der Waals surface area contributed by atoms with Crippen molar-refractivity contribution in [3.63, 3.8) is 0 Å². The lowest BCUT2D eigenvalue weighted by Crippen LogP contribution is -2.66. The molecule has 0 aromatic heterocycles. The molecule has 14 unspecified atom stereocenters. The molecule has 3 saturated heterocycles. The summed E-state index contributed by atoms with van der Waals surface area (Å²) in [5, 5.41) is 123. The summed E-state index contributed by atoms with van der Waals surface area (Å²) < 4.78 is 40.0. The van der Waals surface area contributed by atoms with Crippen LogP contribution >= 0.6 is 0 Å². The van der Waals surface area contributed by atoms with Crippen molar-refractivity contribution in [1.29, 1.82) is 0 Å². The van der Waals surface area contributed by atoms with Crippen LogP contribution in [0.15, 0.2) is 42.5 Å². The first-order chi connectivity index (χ1) is 25.7. The molecule has 20 nitrogen and oxygen atoms in total. The van der Waals surface area contributed by atoms with Crippen molar-refractivity contribution >= 4 is 12.0 Å². The predicted octanol–water partition coefficient (Wildman–Crippen LogP) is -3.58. The van der Waals surface area contributed by atoms with E-state index in [4.69, 9.17) is 33.2 Å². The second-order valence-electron chi connectivity index (χ2n) is 12.8. The molecule has 0 radical (unpaired) electrons. The minimum atomic E-state index is -1.96. The van der Waals surface area contributed by atoms with Crippen molar-refractivity contribution < 1.29 is 99.2 Å². The highest BCUT2D eigenvalue weighted by Crippen LogP contribution is 2.34. The van der Waals surface area contributed by atoms with E-state index in [0.29, 0.717) is 11.1 Å². The zero-order valence-corrected chi connectivity index (χ0v) is 28.4. The van der Waals surface area contributed by atoms with Gasteiger partial charge in [0, 0.05) is 6.08 Å². The molecule has 2 aromatic carbocycles. The number of rotatable bonds is 13. The Morgan fingerprint density at radius 3 is 2.04 bits per heavy atom. The average Bonchev–Trinajstić information content (AvgIpc) is 3.15. The molecule has 20 heteroatoms. The van der Waals surface area contributed by atoms with E-state index < -0.39 is 123 Å². The number of benzene rings is 2. The number of aliphatic hydroxyl groups is 8. The van der Waals surface area contributed by atoms with E-state index in [1.54, 1.807) is 0 Å². The van der Waals surface area contributed by atoms with Gasteiger partial charge in [-0.3, -0.25) is 0 Å². The molecule has 54 heavy (non-hydrogen) atoms. The van der Waals surface area contributed by atoms with Crippen LogP contribution in [0.4, 0.5) is 0 Å². The Bertz CT molecular complexity index is 1570. The van der Waals surface area contributed by atoms with Crippen molar-refractivity contribution in [2.45, 2.75) is 92.4 Å². The van der Waals surface area contributed by atoms with Gasteiger partial charge in [0.1, 0.15) is 73.8 Å². The molecule has 14 atom stereocenters. The van der Waals surface area contributed by atoms with Crippen LogP contribution in [-0.4, -0.2) is 180 Å². The number of aliphatic hydroxyl groups excluding tert-OH is 8. The number of carbonyl (C=O) groups is 1. The van der Waals surface area contributed by atoms with Crippen LogP contribution in [0, 0.1) is 0 Å². The fraction of sp³-hybridized carbons (Fsp3) is 0.559. The molecule has 0 saturated carbocycles. The highest BCUT2D eigenvalue weighted by atomic mass is 16.8. The van der Waals surface area contributed by atoms with Gasteiger partial charge >= 0.3 is 5.97 Å². The van der Waals surface area contributed by atoms with Crippen LogP contribution in [-0.2, 0) is 44.4 Å². The van der Waals surface area contributed by atoms with Crippen LogP contribution in [0.5, 0.6) is 23.0 Å². The van der Waals surface area contributed by atoms with Gasteiger partial charge in [-0.1, -0.05) is 12.1 Å². The summed E-state index contributed by atoms with van der Waals surface area (Å²) in [4.78, 5) is 12.7. The Morgan fingerprint density at radius 2 is 1.35 bits per heavy atom. The maximum Gasteiger partial charge on any atom is 0.330 e. The number of hydrogen-bond acceptors (Lipinski definition) is 20. The summed E-state index contributed by atoms with van der Waals surface area (Å²) in [6.45, 7) is -2.20. The van der Waals surface area contributed by atoms with Crippen molar-refractivity contribution in [3.05, 3.63) is 53.6 Å². The Balaban J connectivity index is 1.41. The largest absolute Gasteiger partial charge is 0.504 e. The summed E-state index contributed by atoms with van der Waals surface area (Å²) >= 11 is 0. The maximum absolute atomic E-state index is 12.7. The molecular formula is C34H44O20. The molecule has 0 spiro atoms. The lowest BCUT2D eigenvalue weighted by atomic mass is 9.96. The van der Waals surface area contributed by atoms with Crippen LogP contribution in [0.1, 0.15) is 11.1 Å². The minimum absolute atomic E-state index is 0.0892. The number of esters is 1. The highest BCUT2D eigenvalue weighted by molar-refractivity contribution is 5.87. The van der Waals surface area contributed by atoms with Crippen molar-refractivity contribution in [2.24, 2.45) is 0 Å². The van der Waals surface area contributed by atoms with Gasteiger partial charge < -0.3 is 94.4 Å². The van der Waals surface area contributed by atoms with Crippen LogP contribution in [0.25, 0.3) is 6.08 Å². The fourth-order valence-corrected chi connectivity index (χ4v) is 5.89. The van der Waals surface area contributed by atoms with E-state index >= 15 is 0 Å². The summed E-state index contributed by atoms with van der Waals surface area (Å²) in [6, 6.07) is 7.81. The Labute approximate surface area is 306 Å². The summed E-state index contributed by atoms with van der Waals surface area (Å²) in [7, 11) is 0. The first-order valence-electron chi connectivity index (χ1n) is 16.8. The summed E-state index contributed by atoms with van der Waals surface area (Å²) in [6.07, 6.45) is -21.8. The van der Waals surface area contributed by atoms with Gasteiger partial charge in [-0.2, -0.15) is 0 Å². The van der Waals surface area contributed by atoms with Gasteiger partial charge in [0.05, 0.1) is 19.8 Å². The molecule has 3 fully saturated rings. The van der Waals surface area contributed by atoms with E-state index in [9.17, 15) is 66.1 Å². The smallest absolute Gasteiger partial charge is 0.330 e. The quantitative estimate of drug-likeness (QED) is 0.0532. The van der Waals surface area contributed by atoms with E-state index in [2.05, 4.69) is 0 Å². The fourth-order valence-electron chi connectivity index (χ4n) is 5.89. The Morgan fingerprint density at radius 1 is 0.704 bits per heavy atom. The molecule has 0 bridgehead atoms. The molecular weight excluding hydrogens is 728 g/mol. The van der Waals surface area contributed by atoms with Crippen molar-refractivity contribution in [1.82, 2.24) is 0 Å². The lowest BCUT2D eigenvalue weighted by molar-refractivity contribution is -0.386. The SMILES string of the molecule is O=C(C=Cc1ccc(O)c(O)c1)OCC1OC(OCCc2ccc(O)c(O)c2)C(OC2OCC(O)C(O)C2O)C(OC2OC(CO)C(O)C(O)C2O)C1O. The molecule has 3 aliphatic rings. The van der Waals surface area contributed by atoms with Crippen molar-refractivity contribution in [3.8, 4) is 23.0 Å². The number of carbonyl (C=O) groups excluding carboxylic acids is 1. The average molecular weight is 773 g/mol. The van der Waals surface area contributed by atoms with Gasteiger partial charge in [-0.15, -0.1) is 0 Å². The number of phenolic OH excluding ortho intramolecular Hbond substituents is 4. The molecule has 5 rings (SSSR count). The van der Waals surface area contributed by atoms with Crippen LogP contribution in [0.3, 0.4) is 0 Å². The summed E-state index contributed by atoms with van der Waals surface area (Å²) in [5.74, 6) is -2.52. The molecule has 2 aromatic rings.